The molecule has 1 N–H and O–H groups in total. The molecule has 2 aliphatic rings. The SMILES string of the molecule is Cc1cccc2c1C(=O)N(C1CCC(=O)N(C(=O)NOC(C)(C)C)C1=O)C2=O. The van der Waals surface area contributed by atoms with E-state index in [1.54, 1.807) is 39.8 Å². The second kappa shape index (κ2) is 6.83. The number of likely N-dealkylation sites (tertiary alicyclic amines) is 1. The molecule has 3 rings (SSSR count). The molecule has 0 aliphatic carbocycles. The second-order valence-corrected chi connectivity index (χ2v) is 7.72. The standard InChI is InChI=1S/C19H21N3O6/c1-10-6-5-7-11-14(10)17(26)21(15(11)24)12-8-9-13(23)22(16(12)25)18(27)20-28-19(2,3)4/h5-7,12H,8-9H2,1-4H3,(H,20,27). The summed E-state index contributed by atoms with van der Waals surface area (Å²) in [5.41, 5.74) is 2.40. The number of fused-ring (bicyclic) bond motifs is 1. The smallest absolute Gasteiger partial charge is 0.274 e. The number of amides is 6. The Morgan fingerprint density at radius 1 is 1.14 bits per heavy atom. The summed E-state index contributed by atoms with van der Waals surface area (Å²) in [6, 6.07) is 2.58. The Hall–Kier alpha value is -3.07. The monoisotopic (exact) mass is 387 g/mol. The van der Waals surface area contributed by atoms with E-state index in [2.05, 4.69) is 5.48 Å². The number of piperidine rings is 1. The van der Waals surface area contributed by atoms with Crippen molar-refractivity contribution in [2.24, 2.45) is 0 Å². The average Bonchev–Trinajstić information content (AvgIpc) is 2.85. The fraction of sp³-hybridized carbons (Fsp3) is 0.421. The van der Waals surface area contributed by atoms with Gasteiger partial charge in [0.1, 0.15) is 6.04 Å². The first-order valence-corrected chi connectivity index (χ1v) is 8.85. The molecule has 1 aromatic rings. The van der Waals surface area contributed by atoms with Crippen LogP contribution >= 0.6 is 0 Å². The number of nitrogens with one attached hydrogen (secondary N) is 1. The fourth-order valence-electron chi connectivity index (χ4n) is 3.22. The van der Waals surface area contributed by atoms with E-state index in [9.17, 15) is 24.0 Å². The summed E-state index contributed by atoms with van der Waals surface area (Å²) in [6.07, 6.45) is -0.197. The molecule has 0 aromatic heterocycles. The molecule has 2 heterocycles. The highest BCUT2D eigenvalue weighted by molar-refractivity contribution is 6.25. The summed E-state index contributed by atoms with van der Waals surface area (Å²) >= 11 is 0. The summed E-state index contributed by atoms with van der Waals surface area (Å²) in [5.74, 6) is -2.86. The van der Waals surface area contributed by atoms with Gasteiger partial charge in [0.2, 0.25) is 5.91 Å². The van der Waals surface area contributed by atoms with Crippen LogP contribution in [0.4, 0.5) is 4.79 Å². The molecule has 1 unspecified atom stereocenters. The Balaban J connectivity index is 1.86. The number of aryl methyl sites for hydroxylation is 1. The van der Waals surface area contributed by atoms with Crippen molar-refractivity contribution in [2.75, 3.05) is 0 Å². The van der Waals surface area contributed by atoms with E-state index in [1.807, 2.05) is 0 Å². The van der Waals surface area contributed by atoms with Crippen molar-refractivity contribution in [3.8, 4) is 0 Å². The third kappa shape index (κ3) is 3.29. The van der Waals surface area contributed by atoms with Crippen molar-refractivity contribution in [2.45, 2.75) is 52.2 Å². The first-order valence-electron chi connectivity index (χ1n) is 8.85. The Kier molecular flexibility index (Phi) is 4.80. The number of imide groups is 4. The average molecular weight is 387 g/mol. The van der Waals surface area contributed by atoms with Gasteiger partial charge in [-0.25, -0.2) is 10.3 Å². The highest BCUT2D eigenvalue weighted by atomic mass is 16.7. The van der Waals surface area contributed by atoms with Gasteiger partial charge in [0.05, 0.1) is 16.7 Å². The summed E-state index contributed by atoms with van der Waals surface area (Å²) < 4.78 is 0. The van der Waals surface area contributed by atoms with Crippen LogP contribution in [0.2, 0.25) is 0 Å². The van der Waals surface area contributed by atoms with Crippen molar-refractivity contribution in [1.29, 1.82) is 0 Å². The van der Waals surface area contributed by atoms with Gasteiger partial charge in [-0.3, -0.25) is 28.9 Å². The zero-order valence-electron chi connectivity index (χ0n) is 16.1. The predicted octanol–water partition coefficient (Wildman–Crippen LogP) is 1.55. The van der Waals surface area contributed by atoms with E-state index >= 15 is 0 Å². The number of hydrogen-bond acceptors (Lipinski definition) is 6. The van der Waals surface area contributed by atoms with Crippen molar-refractivity contribution in [1.82, 2.24) is 15.3 Å². The molecule has 148 valence electrons. The Labute approximate surface area is 161 Å². The van der Waals surface area contributed by atoms with E-state index in [0.29, 0.717) is 10.5 Å². The predicted molar refractivity (Wildman–Crippen MR) is 95.9 cm³/mol. The fourth-order valence-corrected chi connectivity index (χ4v) is 3.22. The van der Waals surface area contributed by atoms with Gasteiger partial charge >= 0.3 is 6.03 Å². The van der Waals surface area contributed by atoms with E-state index in [4.69, 9.17) is 4.84 Å². The van der Waals surface area contributed by atoms with Crippen molar-refractivity contribution in [3.05, 3.63) is 34.9 Å². The largest absolute Gasteiger partial charge is 0.355 e. The van der Waals surface area contributed by atoms with E-state index < -0.39 is 41.3 Å². The molecule has 9 heteroatoms. The van der Waals surface area contributed by atoms with Crippen LogP contribution in [-0.2, 0) is 14.4 Å². The van der Waals surface area contributed by atoms with E-state index in [1.165, 1.54) is 6.07 Å². The third-order valence-electron chi connectivity index (χ3n) is 4.50. The van der Waals surface area contributed by atoms with Crippen LogP contribution in [0.15, 0.2) is 18.2 Å². The van der Waals surface area contributed by atoms with Gasteiger partial charge in [0.15, 0.2) is 0 Å². The summed E-state index contributed by atoms with van der Waals surface area (Å²) in [4.78, 5) is 69.3. The van der Waals surface area contributed by atoms with Crippen LogP contribution in [0.5, 0.6) is 0 Å². The van der Waals surface area contributed by atoms with Crippen molar-refractivity contribution in [3.63, 3.8) is 0 Å². The van der Waals surface area contributed by atoms with Gasteiger partial charge in [-0.1, -0.05) is 12.1 Å². The lowest BCUT2D eigenvalue weighted by Crippen LogP contribution is -2.60. The zero-order chi connectivity index (χ0) is 20.8. The van der Waals surface area contributed by atoms with Crippen LogP contribution in [0.3, 0.4) is 0 Å². The van der Waals surface area contributed by atoms with E-state index in [-0.39, 0.29) is 24.0 Å². The number of benzene rings is 1. The normalized spacial score (nSPS) is 19.9. The molecule has 28 heavy (non-hydrogen) atoms. The first-order chi connectivity index (χ1) is 13.0. The lowest BCUT2D eigenvalue weighted by atomic mass is 10.0. The van der Waals surface area contributed by atoms with Crippen LogP contribution in [0.25, 0.3) is 0 Å². The topological polar surface area (TPSA) is 113 Å². The van der Waals surface area contributed by atoms with Crippen LogP contribution in [0.1, 0.15) is 59.9 Å². The quantitative estimate of drug-likeness (QED) is 0.608. The minimum Gasteiger partial charge on any atom is -0.274 e. The van der Waals surface area contributed by atoms with Crippen molar-refractivity contribution < 1.29 is 28.8 Å². The minimum atomic E-state index is -1.23. The molecule has 1 atom stereocenters. The molecule has 0 spiro atoms. The maximum absolute atomic E-state index is 12.9. The van der Waals surface area contributed by atoms with Gasteiger partial charge in [-0.05, 0) is 45.7 Å². The minimum absolute atomic E-state index is 0.0356. The highest BCUT2D eigenvalue weighted by Crippen LogP contribution is 2.30. The molecular formula is C19H21N3O6. The molecule has 1 aromatic carbocycles. The molecular weight excluding hydrogens is 366 g/mol. The summed E-state index contributed by atoms with van der Waals surface area (Å²) in [6.45, 7) is 6.73. The van der Waals surface area contributed by atoms with Gasteiger partial charge in [-0.2, -0.15) is 4.90 Å². The van der Waals surface area contributed by atoms with Crippen LogP contribution in [0, 0.1) is 6.92 Å². The highest BCUT2D eigenvalue weighted by Gasteiger charge is 2.49. The molecule has 9 nitrogen and oxygen atoms in total. The number of urea groups is 1. The second-order valence-electron chi connectivity index (χ2n) is 7.72. The maximum Gasteiger partial charge on any atom is 0.355 e. The molecule has 2 aliphatic heterocycles. The first kappa shape index (κ1) is 19.7. The molecule has 1 fully saturated rings. The van der Waals surface area contributed by atoms with Crippen LogP contribution in [-0.4, -0.2) is 51.1 Å². The number of hydrogen-bond donors (Lipinski definition) is 1. The van der Waals surface area contributed by atoms with Crippen LogP contribution < -0.4 is 5.48 Å². The molecule has 0 bridgehead atoms. The number of carbonyl (C=O) groups is 5. The Morgan fingerprint density at radius 3 is 2.43 bits per heavy atom. The van der Waals surface area contributed by atoms with Gasteiger partial charge < -0.3 is 0 Å². The molecule has 0 radical (unpaired) electrons. The maximum atomic E-state index is 12.9. The van der Waals surface area contributed by atoms with Gasteiger partial charge in [0.25, 0.3) is 17.7 Å². The molecule has 1 saturated heterocycles. The number of nitrogens with zero attached hydrogens (tertiary/aromatic N) is 2. The number of rotatable bonds is 2. The lowest BCUT2D eigenvalue weighted by Gasteiger charge is -2.33. The summed E-state index contributed by atoms with van der Waals surface area (Å²) in [5, 5.41) is 0. The van der Waals surface area contributed by atoms with Crippen molar-refractivity contribution >= 4 is 29.7 Å². The third-order valence-corrected chi connectivity index (χ3v) is 4.50. The number of carbonyl (C=O) groups excluding carboxylic acids is 5. The zero-order valence-corrected chi connectivity index (χ0v) is 16.1. The Morgan fingerprint density at radius 2 is 1.82 bits per heavy atom. The Bertz CT molecular complexity index is 901. The number of hydroxylamine groups is 1. The molecule has 0 saturated carbocycles. The van der Waals surface area contributed by atoms with Gasteiger partial charge in [0, 0.05) is 6.42 Å². The molecule has 6 amide bonds. The van der Waals surface area contributed by atoms with Gasteiger partial charge in [-0.15, -0.1) is 0 Å². The summed E-state index contributed by atoms with van der Waals surface area (Å²) in [7, 11) is 0. The van der Waals surface area contributed by atoms with E-state index in [0.717, 1.165) is 4.90 Å². The lowest BCUT2D eigenvalue weighted by molar-refractivity contribution is -0.149.